The maximum atomic E-state index is 4.10. The van der Waals surface area contributed by atoms with Crippen LogP contribution in [0.25, 0.3) is 11.1 Å². The van der Waals surface area contributed by atoms with Gasteiger partial charge >= 0.3 is 0 Å². The highest BCUT2D eigenvalue weighted by atomic mass is 14.9. The maximum absolute atomic E-state index is 4.10. The lowest BCUT2D eigenvalue weighted by Crippen LogP contribution is -2.38. The number of nitrogens with zero attached hydrogens (tertiary/aromatic N) is 1. The molecule has 122 valence electrons. The molecule has 1 heterocycles. The molecule has 0 saturated heterocycles. The molecule has 3 rings (SSSR count). The van der Waals surface area contributed by atoms with Gasteiger partial charge in [0.15, 0.2) is 0 Å². The van der Waals surface area contributed by atoms with Gasteiger partial charge in [0.25, 0.3) is 0 Å². The summed E-state index contributed by atoms with van der Waals surface area (Å²) >= 11 is 0. The molecule has 0 amide bonds. The van der Waals surface area contributed by atoms with E-state index >= 15 is 0 Å². The Morgan fingerprint density at radius 3 is 2.35 bits per heavy atom. The average molecular weight is 309 g/mol. The van der Waals surface area contributed by atoms with Crippen LogP contribution in [-0.2, 0) is 6.54 Å². The molecule has 2 N–H and O–H groups in total. The van der Waals surface area contributed by atoms with Crippen molar-refractivity contribution in [3.05, 3.63) is 53.9 Å². The van der Waals surface area contributed by atoms with E-state index in [0.717, 1.165) is 6.54 Å². The molecule has 0 aliphatic heterocycles. The zero-order valence-electron chi connectivity index (χ0n) is 14.2. The van der Waals surface area contributed by atoms with Crippen molar-refractivity contribution in [2.45, 2.75) is 51.2 Å². The predicted molar refractivity (Wildman–Crippen MR) is 96.4 cm³/mol. The van der Waals surface area contributed by atoms with E-state index in [0.29, 0.717) is 12.1 Å². The summed E-state index contributed by atoms with van der Waals surface area (Å²) in [5, 5.41) is 7.16. The molecule has 0 spiro atoms. The second kappa shape index (κ2) is 7.71. The lowest BCUT2D eigenvalue weighted by molar-refractivity contribution is 0.317. The highest BCUT2D eigenvalue weighted by Gasteiger charge is 2.19. The van der Waals surface area contributed by atoms with Crippen molar-refractivity contribution < 1.29 is 0 Å². The van der Waals surface area contributed by atoms with Crippen molar-refractivity contribution >= 4 is 0 Å². The average Bonchev–Trinajstić information content (AvgIpc) is 2.62. The molecule has 1 aliphatic carbocycles. The van der Waals surface area contributed by atoms with Crippen LogP contribution in [0.1, 0.15) is 36.8 Å². The number of aromatic nitrogens is 1. The molecule has 3 nitrogen and oxygen atoms in total. The molecule has 0 radical (unpaired) electrons. The monoisotopic (exact) mass is 309 g/mol. The number of hydrogen-bond acceptors (Lipinski definition) is 3. The first-order valence-electron chi connectivity index (χ1n) is 8.67. The number of aryl methyl sites for hydroxylation is 1. The molecule has 0 unspecified atom stereocenters. The van der Waals surface area contributed by atoms with Gasteiger partial charge in [-0.15, -0.1) is 0 Å². The van der Waals surface area contributed by atoms with Crippen LogP contribution in [-0.4, -0.2) is 24.1 Å². The topological polar surface area (TPSA) is 37.0 Å². The lowest BCUT2D eigenvalue weighted by Gasteiger charge is -2.29. The number of nitrogens with one attached hydrogen (secondary N) is 2. The Kier molecular flexibility index (Phi) is 5.42. The number of pyridine rings is 1. The summed E-state index contributed by atoms with van der Waals surface area (Å²) in [4.78, 5) is 4.10. The third kappa shape index (κ3) is 4.18. The predicted octanol–water partition coefficient (Wildman–Crippen LogP) is 3.68. The van der Waals surface area contributed by atoms with Crippen molar-refractivity contribution in [1.29, 1.82) is 0 Å². The second-order valence-electron chi connectivity index (χ2n) is 6.60. The molecular formula is C20H27N3. The fraction of sp³-hybridized carbons (Fsp3) is 0.450. The van der Waals surface area contributed by atoms with Gasteiger partial charge in [-0.2, -0.15) is 0 Å². The summed E-state index contributed by atoms with van der Waals surface area (Å²) in [6, 6.07) is 12.3. The van der Waals surface area contributed by atoms with E-state index in [2.05, 4.69) is 59.9 Å². The van der Waals surface area contributed by atoms with Crippen LogP contribution in [0.3, 0.4) is 0 Å². The van der Waals surface area contributed by atoms with Crippen LogP contribution in [0.2, 0.25) is 0 Å². The fourth-order valence-electron chi connectivity index (χ4n) is 3.43. The SMILES string of the molecule is CNC1CCC(NCc2cc(-c3ccncc3)ccc2C)CC1. The van der Waals surface area contributed by atoms with Crippen molar-refractivity contribution in [2.24, 2.45) is 0 Å². The maximum Gasteiger partial charge on any atom is 0.0273 e. The molecule has 23 heavy (non-hydrogen) atoms. The third-order valence-corrected chi connectivity index (χ3v) is 5.08. The molecule has 1 aliphatic rings. The van der Waals surface area contributed by atoms with Crippen molar-refractivity contribution in [3.63, 3.8) is 0 Å². The van der Waals surface area contributed by atoms with Crippen LogP contribution >= 0.6 is 0 Å². The van der Waals surface area contributed by atoms with Gasteiger partial charge in [0, 0.05) is 31.0 Å². The van der Waals surface area contributed by atoms with Gasteiger partial charge in [-0.05, 0) is 80.1 Å². The van der Waals surface area contributed by atoms with Crippen LogP contribution in [0.5, 0.6) is 0 Å². The third-order valence-electron chi connectivity index (χ3n) is 5.08. The standard InChI is InChI=1S/C20H27N3/c1-15-3-4-17(16-9-11-22-12-10-16)13-18(15)14-23-20-7-5-19(21-2)6-8-20/h3-4,9-13,19-21,23H,5-8,14H2,1-2H3. The normalized spacial score (nSPS) is 21.3. The highest BCUT2D eigenvalue weighted by molar-refractivity contribution is 5.64. The molecule has 1 saturated carbocycles. The van der Waals surface area contributed by atoms with Crippen LogP contribution < -0.4 is 10.6 Å². The Morgan fingerprint density at radius 1 is 0.957 bits per heavy atom. The Morgan fingerprint density at radius 2 is 1.65 bits per heavy atom. The van der Waals surface area contributed by atoms with Gasteiger partial charge in [-0.3, -0.25) is 4.98 Å². The van der Waals surface area contributed by atoms with Gasteiger partial charge < -0.3 is 10.6 Å². The first kappa shape index (κ1) is 16.2. The van der Waals surface area contributed by atoms with Gasteiger partial charge in [-0.25, -0.2) is 0 Å². The van der Waals surface area contributed by atoms with E-state index in [1.54, 1.807) is 0 Å². The van der Waals surface area contributed by atoms with Gasteiger partial charge in [-0.1, -0.05) is 12.1 Å². The molecule has 1 aromatic heterocycles. The molecule has 0 bridgehead atoms. The van der Waals surface area contributed by atoms with Crippen molar-refractivity contribution in [2.75, 3.05) is 7.05 Å². The van der Waals surface area contributed by atoms with Gasteiger partial charge in [0.05, 0.1) is 0 Å². The molecule has 3 heteroatoms. The van der Waals surface area contributed by atoms with E-state index < -0.39 is 0 Å². The summed E-state index contributed by atoms with van der Waals surface area (Å²) in [6.45, 7) is 3.16. The lowest BCUT2D eigenvalue weighted by atomic mass is 9.91. The Bertz CT molecular complexity index is 616. The van der Waals surface area contributed by atoms with Gasteiger partial charge in [0.2, 0.25) is 0 Å². The molecule has 1 fully saturated rings. The van der Waals surface area contributed by atoms with Crippen LogP contribution in [0.4, 0.5) is 0 Å². The minimum absolute atomic E-state index is 0.656. The summed E-state index contributed by atoms with van der Waals surface area (Å²) in [5.41, 5.74) is 5.26. The zero-order valence-corrected chi connectivity index (χ0v) is 14.2. The van der Waals surface area contributed by atoms with Crippen molar-refractivity contribution in [1.82, 2.24) is 15.6 Å². The largest absolute Gasteiger partial charge is 0.317 e. The molecule has 1 aromatic carbocycles. The number of rotatable bonds is 5. The van der Waals surface area contributed by atoms with Crippen molar-refractivity contribution in [3.8, 4) is 11.1 Å². The number of hydrogen-bond donors (Lipinski definition) is 2. The summed E-state index contributed by atoms with van der Waals surface area (Å²) in [5.74, 6) is 0. The van der Waals surface area contributed by atoms with Crippen LogP contribution in [0, 0.1) is 6.92 Å². The molecular weight excluding hydrogens is 282 g/mol. The Hall–Kier alpha value is -1.71. The van der Waals surface area contributed by atoms with E-state index in [1.807, 2.05) is 12.4 Å². The van der Waals surface area contributed by atoms with E-state index in [1.165, 1.54) is 47.9 Å². The summed E-state index contributed by atoms with van der Waals surface area (Å²) in [7, 11) is 2.08. The van der Waals surface area contributed by atoms with Gasteiger partial charge in [0.1, 0.15) is 0 Å². The highest BCUT2D eigenvalue weighted by Crippen LogP contribution is 2.23. The summed E-state index contributed by atoms with van der Waals surface area (Å²) in [6.07, 6.45) is 8.82. The Labute approximate surface area is 139 Å². The van der Waals surface area contributed by atoms with Crippen LogP contribution in [0.15, 0.2) is 42.7 Å². The first-order chi connectivity index (χ1) is 11.3. The van der Waals surface area contributed by atoms with E-state index in [4.69, 9.17) is 0 Å². The Balaban J connectivity index is 1.64. The van der Waals surface area contributed by atoms with E-state index in [-0.39, 0.29) is 0 Å². The first-order valence-corrected chi connectivity index (χ1v) is 8.67. The molecule has 0 atom stereocenters. The van der Waals surface area contributed by atoms with E-state index in [9.17, 15) is 0 Å². The summed E-state index contributed by atoms with van der Waals surface area (Å²) < 4.78 is 0. The zero-order chi connectivity index (χ0) is 16.1. The quantitative estimate of drug-likeness (QED) is 0.884. The number of benzene rings is 1. The smallest absolute Gasteiger partial charge is 0.0273 e. The second-order valence-corrected chi connectivity index (χ2v) is 6.60. The minimum atomic E-state index is 0.656. The minimum Gasteiger partial charge on any atom is -0.317 e. The fourth-order valence-corrected chi connectivity index (χ4v) is 3.43. The molecule has 2 aromatic rings.